The Kier molecular flexibility index (Phi) is 5.62. The molecule has 0 aliphatic rings. The lowest BCUT2D eigenvalue weighted by atomic mass is 10.1. The lowest BCUT2D eigenvalue weighted by molar-refractivity contribution is 0.0973. The molecule has 1 N–H and O–H groups in total. The van der Waals surface area contributed by atoms with Gasteiger partial charge in [0, 0.05) is 24.1 Å². The summed E-state index contributed by atoms with van der Waals surface area (Å²) >= 11 is 0. The van der Waals surface area contributed by atoms with Crippen LogP contribution in [0.3, 0.4) is 0 Å². The minimum absolute atomic E-state index is 0.558. The van der Waals surface area contributed by atoms with Crippen LogP contribution in [0.25, 0.3) is 11.0 Å². The average molecular weight is 275 g/mol. The molecule has 2 rings (SSSR count). The first-order valence-corrected chi connectivity index (χ1v) is 7.50. The molecule has 3 nitrogen and oxygen atoms in total. The van der Waals surface area contributed by atoms with Crippen LogP contribution in [-0.4, -0.2) is 13.2 Å². The van der Waals surface area contributed by atoms with Gasteiger partial charge in [0.15, 0.2) is 0 Å². The van der Waals surface area contributed by atoms with Gasteiger partial charge in [0.05, 0.1) is 0 Å². The van der Waals surface area contributed by atoms with Crippen LogP contribution in [-0.2, 0) is 17.9 Å². The Morgan fingerprint density at radius 2 is 2.05 bits per heavy atom. The molecule has 0 saturated heterocycles. The largest absolute Gasteiger partial charge is 0.458 e. The first-order chi connectivity index (χ1) is 9.72. The fraction of sp³-hybridized carbons (Fsp3) is 0.529. The molecule has 1 aromatic heterocycles. The highest BCUT2D eigenvalue weighted by Gasteiger charge is 2.13. The highest BCUT2D eigenvalue weighted by atomic mass is 16.5. The van der Waals surface area contributed by atoms with Crippen molar-refractivity contribution in [3.8, 4) is 0 Å². The predicted molar refractivity (Wildman–Crippen MR) is 82.7 cm³/mol. The summed E-state index contributed by atoms with van der Waals surface area (Å²) in [5.41, 5.74) is 2.18. The second kappa shape index (κ2) is 7.46. The molecular weight excluding hydrogens is 250 g/mol. The van der Waals surface area contributed by atoms with Crippen molar-refractivity contribution in [2.45, 2.75) is 40.3 Å². The topological polar surface area (TPSA) is 34.4 Å². The lowest BCUT2D eigenvalue weighted by Gasteiger charge is -2.07. The van der Waals surface area contributed by atoms with Crippen LogP contribution < -0.4 is 5.32 Å². The maximum absolute atomic E-state index is 5.94. The molecule has 0 aliphatic carbocycles. The third-order valence-corrected chi connectivity index (χ3v) is 3.41. The summed E-state index contributed by atoms with van der Waals surface area (Å²) in [5, 5.41) is 4.57. The van der Waals surface area contributed by atoms with Gasteiger partial charge in [-0.3, -0.25) is 0 Å². The smallest absolute Gasteiger partial charge is 0.135 e. The van der Waals surface area contributed by atoms with Gasteiger partial charge in [-0.25, -0.2) is 0 Å². The van der Waals surface area contributed by atoms with Crippen LogP contribution in [0.1, 0.15) is 38.5 Å². The number of benzene rings is 1. The summed E-state index contributed by atoms with van der Waals surface area (Å²) in [6.07, 6.45) is 1.09. The zero-order valence-electron chi connectivity index (χ0n) is 12.7. The number of rotatable bonds is 8. The van der Waals surface area contributed by atoms with E-state index in [1.807, 2.05) is 12.1 Å². The van der Waals surface area contributed by atoms with Crippen molar-refractivity contribution in [3.05, 3.63) is 35.6 Å². The van der Waals surface area contributed by atoms with Crippen molar-refractivity contribution in [1.29, 1.82) is 0 Å². The van der Waals surface area contributed by atoms with Gasteiger partial charge in [0.25, 0.3) is 0 Å². The van der Waals surface area contributed by atoms with Crippen LogP contribution in [0, 0.1) is 5.92 Å². The third kappa shape index (κ3) is 3.84. The molecule has 0 amide bonds. The second-order valence-corrected chi connectivity index (χ2v) is 5.52. The van der Waals surface area contributed by atoms with Crippen molar-refractivity contribution in [2.75, 3.05) is 13.2 Å². The van der Waals surface area contributed by atoms with E-state index >= 15 is 0 Å². The molecule has 1 aromatic carbocycles. The van der Waals surface area contributed by atoms with E-state index in [9.17, 15) is 0 Å². The van der Waals surface area contributed by atoms with Gasteiger partial charge >= 0.3 is 0 Å². The molecule has 0 fully saturated rings. The van der Waals surface area contributed by atoms with Gasteiger partial charge in [-0.15, -0.1) is 0 Å². The lowest BCUT2D eigenvalue weighted by Crippen LogP contribution is -2.13. The fourth-order valence-electron chi connectivity index (χ4n) is 2.19. The molecule has 2 aromatic rings. The molecule has 0 radical (unpaired) electrons. The van der Waals surface area contributed by atoms with Crippen molar-refractivity contribution in [2.24, 2.45) is 5.92 Å². The molecule has 0 atom stereocenters. The van der Waals surface area contributed by atoms with Gasteiger partial charge in [-0.1, -0.05) is 39.0 Å². The molecule has 0 unspecified atom stereocenters. The van der Waals surface area contributed by atoms with Crippen molar-refractivity contribution in [1.82, 2.24) is 5.32 Å². The van der Waals surface area contributed by atoms with E-state index in [0.717, 1.165) is 37.5 Å². The molecule has 3 heteroatoms. The minimum atomic E-state index is 0.558. The molecule has 0 saturated carbocycles. The van der Waals surface area contributed by atoms with Gasteiger partial charge in [0.1, 0.15) is 18.0 Å². The fourth-order valence-corrected chi connectivity index (χ4v) is 2.19. The SMILES string of the molecule is CCNCc1c(COCCC(C)C)oc2ccccc12. The Morgan fingerprint density at radius 1 is 1.25 bits per heavy atom. The van der Waals surface area contributed by atoms with Crippen molar-refractivity contribution < 1.29 is 9.15 Å². The monoisotopic (exact) mass is 275 g/mol. The Bertz CT molecular complexity index is 531. The zero-order chi connectivity index (χ0) is 14.4. The van der Waals surface area contributed by atoms with Gasteiger partial charge in [-0.05, 0) is 24.9 Å². The van der Waals surface area contributed by atoms with Gasteiger partial charge in [0.2, 0.25) is 0 Å². The zero-order valence-corrected chi connectivity index (χ0v) is 12.7. The average Bonchev–Trinajstić information content (AvgIpc) is 2.79. The number of hydrogen-bond donors (Lipinski definition) is 1. The number of hydrogen-bond acceptors (Lipinski definition) is 3. The van der Waals surface area contributed by atoms with E-state index in [0.29, 0.717) is 12.5 Å². The number of nitrogens with one attached hydrogen (secondary N) is 1. The summed E-state index contributed by atoms with van der Waals surface area (Å²) < 4.78 is 11.7. The highest BCUT2D eigenvalue weighted by molar-refractivity contribution is 5.82. The predicted octanol–water partition coefficient (Wildman–Crippen LogP) is 4.11. The summed E-state index contributed by atoms with van der Waals surface area (Å²) in [6.45, 7) is 9.66. The molecule has 0 spiro atoms. The molecular formula is C17H25NO2. The highest BCUT2D eigenvalue weighted by Crippen LogP contribution is 2.26. The molecule has 0 bridgehead atoms. The third-order valence-electron chi connectivity index (χ3n) is 3.41. The quantitative estimate of drug-likeness (QED) is 0.736. The van der Waals surface area contributed by atoms with E-state index in [1.54, 1.807) is 0 Å². The van der Waals surface area contributed by atoms with E-state index in [4.69, 9.17) is 9.15 Å². The minimum Gasteiger partial charge on any atom is -0.458 e. The molecule has 20 heavy (non-hydrogen) atoms. The van der Waals surface area contributed by atoms with Crippen molar-refractivity contribution in [3.63, 3.8) is 0 Å². The summed E-state index contributed by atoms with van der Waals surface area (Å²) in [6, 6.07) is 8.19. The Hall–Kier alpha value is -1.32. The number of fused-ring (bicyclic) bond motifs is 1. The maximum Gasteiger partial charge on any atom is 0.135 e. The summed E-state index contributed by atoms with van der Waals surface area (Å²) in [7, 11) is 0. The first-order valence-electron chi connectivity index (χ1n) is 7.50. The molecule has 0 aliphatic heterocycles. The Balaban J connectivity index is 2.09. The second-order valence-electron chi connectivity index (χ2n) is 5.52. The Labute approximate surface area is 121 Å². The van der Waals surface area contributed by atoms with E-state index in [1.165, 1.54) is 10.9 Å². The van der Waals surface area contributed by atoms with Gasteiger partial charge in [-0.2, -0.15) is 0 Å². The van der Waals surface area contributed by atoms with Gasteiger partial charge < -0.3 is 14.5 Å². The number of furan rings is 1. The van der Waals surface area contributed by atoms with Crippen LogP contribution in [0.15, 0.2) is 28.7 Å². The van der Waals surface area contributed by atoms with E-state index < -0.39 is 0 Å². The summed E-state index contributed by atoms with van der Waals surface area (Å²) in [4.78, 5) is 0. The summed E-state index contributed by atoms with van der Waals surface area (Å²) in [5.74, 6) is 1.63. The van der Waals surface area contributed by atoms with Crippen LogP contribution in [0.2, 0.25) is 0 Å². The normalized spacial score (nSPS) is 11.6. The number of ether oxygens (including phenoxy) is 1. The van der Waals surface area contributed by atoms with E-state index in [-0.39, 0.29) is 0 Å². The van der Waals surface area contributed by atoms with E-state index in [2.05, 4.69) is 38.2 Å². The maximum atomic E-state index is 5.94. The molecule has 110 valence electrons. The first kappa shape index (κ1) is 15.1. The standard InChI is InChI=1S/C17H25NO2/c1-4-18-11-15-14-7-5-6-8-16(14)20-17(15)12-19-10-9-13(2)3/h5-8,13,18H,4,9-12H2,1-3H3. The molecule has 1 heterocycles. The van der Waals surface area contributed by atoms with Crippen LogP contribution >= 0.6 is 0 Å². The van der Waals surface area contributed by atoms with Crippen LogP contribution in [0.4, 0.5) is 0 Å². The number of para-hydroxylation sites is 1. The van der Waals surface area contributed by atoms with Crippen molar-refractivity contribution >= 4 is 11.0 Å². The van der Waals surface area contributed by atoms with Crippen LogP contribution in [0.5, 0.6) is 0 Å². The Morgan fingerprint density at radius 3 is 2.80 bits per heavy atom.